The fourth-order valence-electron chi connectivity index (χ4n) is 2.04. The van der Waals surface area contributed by atoms with Crippen molar-refractivity contribution in [3.63, 3.8) is 0 Å². The first-order chi connectivity index (χ1) is 9.29. The van der Waals surface area contributed by atoms with E-state index in [1.807, 2.05) is 36.2 Å². The number of fused-ring (bicyclic) bond motifs is 1. The topological polar surface area (TPSA) is 60.0 Å². The number of hydrogen-bond donors (Lipinski definition) is 1. The summed E-state index contributed by atoms with van der Waals surface area (Å²) in [5, 5.41) is 11.9. The van der Waals surface area contributed by atoms with Crippen molar-refractivity contribution >= 4 is 11.5 Å². The molecule has 3 rings (SSSR count). The summed E-state index contributed by atoms with van der Waals surface area (Å²) in [6.45, 7) is 3.05. The predicted octanol–water partition coefficient (Wildman–Crippen LogP) is 1.95. The molecule has 0 saturated carbocycles. The Labute approximate surface area is 111 Å². The van der Waals surface area contributed by atoms with Crippen LogP contribution >= 0.6 is 0 Å². The van der Waals surface area contributed by atoms with E-state index in [1.165, 1.54) is 0 Å². The van der Waals surface area contributed by atoms with Crippen LogP contribution in [0.5, 0.6) is 0 Å². The minimum absolute atomic E-state index is 0.842. The summed E-state index contributed by atoms with van der Waals surface area (Å²) in [4.78, 5) is 4.42. The monoisotopic (exact) mass is 256 g/mol. The van der Waals surface area contributed by atoms with E-state index in [9.17, 15) is 0 Å². The summed E-state index contributed by atoms with van der Waals surface area (Å²) in [7, 11) is 1.90. The van der Waals surface area contributed by atoms with Crippen LogP contribution in [0.15, 0.2) is 30.9 Å². The molecule has 0 atom stereocenters. The van der Waals surface area contributed by atoms with Gasteiger partial charge >= 0.3 is 0 Å². The third-order valence-corrected chi connectivity index (χ3v) is 2.97. The minimum Gasteiger partial charge on any atom is -0.370 e. The van der Waals surface area contributed by atoms with Gasteiger partial charge in [-0.2, -0.15) is 14.7 Å². The molecule has 19 heavy (non-hydrogen) atoms. The predicted molar refractivity (Wildman–Crippen MR) is 74.0 cm³/mol. The van der Waals surface area contributed by atoms with Crippen molar-refractivity contribution in [2.24, 2.45) is 7.05 Å². The molecule has 98 valence electrons. The maximum Gasteiger partial charge on any atom is 0.165 e. The number of rotatable bonds is 4. The van der Waals surface area contributed by atoms with Gasteiger partial charge in [-0.25, -0.2) is 4.98 Å². The zero-order valence-corrected chi connectivity index (χ0v) is 11.0. The fraction of sp³-hybridized carbons (Fsp3) is 0.308. The van der Waals surface area contributed by atoms with Gasteiger partial charge in [-0.1, -0.05) is 6.92 Å². The minimum atomic E-state index is 0.842. The zero-order chi connectivity index (χ0) is 13.2. The van der Waals surface area contributed by atoms with E-state index in [2.05, 4.69) is 27.4 Å². The number of nitrogens with zero attached hydrogens (tertiary/aromatic N) is 5. The van der Waals surface area contributed by atoms with E-state index in [4.69, 9.17) is 0 Å². The quantitative estimate of drug-likeness (QED) is 0.775. The molecule has 0 aromatic carbocycles. The van der Waals surface area contributed by atoms with E-state index in [0.717, 1.165) is 35.6 Å². The molecule has 0 amide bonds. The highest BCUT2D eigenvalue weighted by molar-refractivity contribution is 5.77. The molecule has 3 aromatic rings. The molecule has 3 aromatic heterocycles. The Kier molecular flexibility index (Phi) is 2.91. The van der Waals surface area contributed by atoms with Gasteiger partial charge < -0.3 is 5.32 Å². The van der Waals surface area contributed by atoms with E-state index in [-0.39, 0.29) is 0 Å². The lowest BCUT2D eigenvalue weighted by Crippen LogP contribution is -2.06. The van der Waals surface area contributed by atoms with Crippen LogP contribution < -0.4 is 5.32 Å². The molecular weight excluding hydrogens is 240 g/mol. The molecule has 0 saturated heterocycles. The normalized spacial score (nSPS) is 11.1. The summed E-state index contributed by atoms with van der Waals surface area (Å²) >= 11 is 0. The lowest BCUT2D eigenvalue weighted by atomic mass is 10.2. The molecule has 0 unspecified atom stereocenters. The Morgan fingerprint density at radius 1 is 1.26 bits per heavy atom. The number of anilines is 1. The molecule has 1 N–H and O–H groups in total. The summed E-state index contributed by atoms with van der Waals surface area (Å²) in [6.07, 6.45) is 8.49. The SMILES string of the molecule is CCCNc1ccnc2c(-c3cnn(C)c3)cnn12. The highest BCUT2D eigenvalue weighted by Crippen LogP contribution is 2.24. The number of aryl methyl sites for hydroxylation is 1. The van der Waals surface area contributed by atoms with Gasteiger partial charge in [0.05, 0.1) is 12.4 Å². The number of hydrogen-bond acceptors (Lipinski definition) is 4. The van der Waals surface area contributed by atoms with E-state index < -0.39 is 0 Å². The lowest BCUT2D eigenvalue weighted by molar-refractivity contribution is 0.768. The van der Waals surface area contributed by atoms with Crippen LogP contribution in [0.25, 0.3) is 16.8 Å². The first-order valence-electron chi connectivity index (χ1n) is 6.35. The first kappa shape index (κ1) is 11.7. The first-order valence-corrected chi connectivity index (χ1v) is 6.35. The smallest absolute Gasteiger partial charge is 0.165 e. The third-order valence-electron chi connectivity index (χ3n) is 2.97. The summed E-state index contributed by atoms with van der Waals surface area (Å²) < 4.78 is 3.61. The molecule has 0 aliphatic rings. The highest BCUT2D eigenvalue weighted by Gasteiger charge is 2.11. The molecule has 0 bridgehead atoms. The lowest BCUT2D eigenvalue weighted by Gasteiger charge is -2.06. The molecule has 0 aliphatic heterocycles. The highest BCUT2D eigenvalue weighted by atomic mass is 15.3. The van der Waals surface area contributed by atoms with Gasteiger partial charge in [0.25, 0.3) is 0 Å². The van der Waals surface area contributed by atoms with E-state index >= 15 is 0 Å². The van der Waals surface area contributed by atoms with Gasteiger partial charge in [0.2, 0.25) is 0 Å². The van der Waals surface area contributed by atoms with Crippen LogP contribution in [-0.4, -0.2) is 30.9 Å². The van der Waals surface area contributed by atoms with Crippen LogP contribution in [0.2, 0.25) is 0 Å². The maximum absolute atomic E-state index is 4.42. The van der Waals surface area contributed by atoms with Crippen LogP contribution in [0.3, 0.4) is 0 Å². The van der Waals surface area contributed by atoms with Crippen molar-refractivity contribution in [3.8, 4) is 11.1 Å². The second kappa shape index (κ2) is 4.72. The maximum atomic E-state index is 4.42. The average molecular weight is 256 g/mol. The van der Waals surface area contributed by atoms with E-state index in [1.54, 1.807) is 10.9 Å². The van der Waals surface area contributed by atoms with Crippen LogP contribution in [0.1, 0.15) is 13.3 Å². The van der Waals surface area contributed by atoms with Gasteiger partial charge in [0.1, 0.15) is 5.82 Å². The number of nitrogens with one attached hydrogen (secondary N) is 1. The second-order valence-electron chi connectivity index (χ2n) is 4.45. The van der Waals surface area contributed by atoms with E-state index in [0.29, 0.717) is 0 Å². The third kappa shape index (κ3) is 2.05. The Hall–Kier alpha value is -2.37. The molecule has 3 heterocycles. The van der Waals surface area contributed by atoms with Gasteiger partial charge in [-0.05, 0) is 12.5 Å². The Morgan fingerprint density at radius 3 is 2.89 bits per heavy atom. The van der Waals surface area contributed by atoms with Crippen LogP contribution in [0.4, 0.5) is 5.82 Å². The van der Waals surface area contributed by atoms with Crippen molar-refractivity contribution in [3.05, 3.63) is 30.9 Å². The molecule has 0 spiro atoms. The van der Waals surface area contributed by atoms with Gasteiger partial charge in [0, 0.05) is 37.1 Å². The average Bonchev–Trinajstić information content (AvgIpc) is 3.02. The molecule has 0 fully saturated rings. The van der Waals surface area contributed by atoms with Crippen LogP contribution in [0, 0.1) is 0 Å². The molecule has 0 radical (unpaired) electrons. The van der Waals surface area contributed by atoms with Gasteiger partial charge in [-0.3, -0.25) is 4.68 Å². The standard InChI is InChI=1S/C13H16N6/c1-3-5-14-12-4-6-15-13-11(8-17-19(12)13)10-7-16-18(2)9-10/h4,6-9,14H,3,5H2,1-2H3. The summed E-state index contributed by atoms with van der Waals surface area (Å²) in [6, 6.07) is 1.93. The summed E-state index contributed by atoms with van der Waals surface area (Å²) in [5.74, 6) is 0.960. The summed E-state index contributed by atoms with van der Waals surface area (Å²) in [5.41, 5.74) is 2.86. The number of aromatic nitrogens is 5. The molecule has 6 nitrogen and oxygen atoms in total. The van der Waals surface area contributed by atoms with Gasteiger partial charge in [-0.15, -0.1) is 0 Å². The Balaban J connectivity index is 2.08. The van der Waals surface area contributed by atoms with Crippen molar-refractivity contribution in [2.75, 3.05) is 11.9 Å². The van der Waals surface area contributed by atoms with Crippen LogP contribution in [-0.2, 0) is 7.05 Å². The van der Waals surface area contributed by atoms with Crippen molar-refractivity contribution in [1.29, 1.82) is 0 Å². The largest absolute Gasteiger partial charge is 0.370 e. The Bertz CT molecular complexity index is 696. The van der Waals surface area contributed by atoms with Gasteiger partial charge in [0.15, 0.2) is 5.65 Å². The molecule has 6 heteroatoms. The van der Waals surface area contributed by atoms with Crippen molar-refractivity contribution < 1.29 is 0 Å². The van der Waals surface area contributed by atoms with Crippen molar-refractivity contribution in [1.82, 2.24) is 24.4 Å². The Morgan fingerprint density at radius 2 is 2.16 bits per heavy atom. The fourth-order valence-corrected chi connectivity index (χ4v) is 2.04. The second-order valence-corrected chi connectivity index (χ2v) is 4.45. The van der Waals surface area contributed by atoms with Crippen molar-refractivity contribution in [2.45, 2.75) is 13.3 Å². The molecular formula is C13H16N6. The zero-order valence-electron chi connectivity index (χ0n) is 11.0. The molecule has 0 aliphatic carbocycles.